The molecule has 0 aliphatic carbocycles. The largest absolute Gasteiger partial charge is 0.433 e. The molecule has 0 bridgehead atoms. The van der Waals surface area contributed by atoms with E-state index in [4.69, 9.17) is 15.7 Å². The summed E-state index contributed by atoms with van der Waals surface area (Å²) in [4.78, 5) is 16.1. The van der Waals surface area contributed by atoms with Crippen molar-refractivity contribution < 1.29 is 4.74 Å². The third-order valence-electron chi connectivity index (χ3n) is 2.72. The number of ether oxygens (including phenoxy) is 1. The highest BCUT2D eigenvalue weighted by molar-refractivity contribution is 5.53. The fraction of sp³-hybridized carbons (Fsp3) is 0.214. The summed E-state index contributed by atoms with van der Waals surface area (Å²) in [5.41, 5.74) is 5.97. The lowest BCUT2D eigenvalue weighted by molar-refractivity contribution is 0.436. The van der Waals surface area contributed by atoms with Gasteiger partial charge < -0.3 is 15.0 Å². The number of nitriles is 1. The van der Waals surface area contributed by atoms with E-state index in [0.29, 0.717) is 5.69 Å². The maximum Gasteiger partial charge on any atom is 0.313 e. The predicted molar refractivity (Wildman–Crippen MR) is 74.5 cm³/mol. The van der Waals surface area contributed by atoms with Crippen molar-refractivity contribution in [3.63, 3.8) is 0 Å². The number of rotatable bonds is 3. The first-order chi connectivity index (χ1) is 9.52. The summed E-state index contributed by atoms with van der Waals surface area (Å²) in [7, 11) is 0. The van der Waals surface area contributed by atoms with Crippen LogP contribution in [0.2, 0.25) is 0 Å². The maximum absolute atomic E-state index is 12.1. The van der Waals surface area contributed by atoms with Crippen LogP contribution in [-0.2, 0) is 0 Å². The monoisotopic (exact) mass is 270 g/mol. The number of nitrogens with two attached hydrogens (primary N) is 1. The molecule has 6 heteroatoms. The summed E-state index contributed by atoms with van der Waals surface area (Å²) in [6.07, 6.45) is 3.08. The molecule has 0 amide bonds. The van der Waals surface area contributed by atoms with Crippen molar-refractivity contribution in [2.24, 2.45) is 0 Å². The Kier molecular flexibility index (Phi) is 3.71. The topological polar surface area (TPSA) is 93.9 Å². The van der Waals surface area contributed by atoms with Gasteiger partial charge in [-0.2, -0.15) is 5.26 Å². The summed E-state index contributed by atoms with van der Waals surface area (Å²) in [6, 6.07) is 6.59. The van der Waals surface area contributed by atoms with E-state index >= 15 is 0 Å². The van der Waals surface area contributed by atoms with E-state index in [1.807, 2.05) is 19.9 Å². The molecule has 0 aliphatic heterocycles. The average molecular weight is 270 g/mol. The van der Waals surface area contributed by atoms with Gasteiger partial charge in [0.15, 0.2) is 0 Å². The first kappa shape index (κ1) is 13.6. The van der Waals surface area contributed by atoms with Crippen molar-refractivity contribution in [1.29, 1.82) is 5.26 Å². The van der Waals surface area contributed by atoms with Crippen molar-refractivity contribution in [1.82, 2.24) is 9.55 Å². The second-order valence-electron chi connectivity index (χ2n) is 4.51. The van der Waals surface area contributed by atoms with E-state index in [0.717, 1.165) is 0 Å². The molecule has 2 N–H and O–H groups in total. The van der Waals surface area contributed by atoms with Gasteiger partial charge in [0.05, 0.1) is 5.56 Å². The van der Waals surface area contributed by atoms with Crippen LogP contribution in [0.1, 0.15) is 25.5 Å². The first-order valence-electron chi connectivity index (χ1n) is 6.07. The minimum atomic E-state index is -0.344. The molecule has 0 spiro atoms. The summed E-state index contributed by atoms with van der Waals surface area (Å²) >= 11 is 0. The number of nitrogens with zero attached hydrogens (tertiary/aromatic N) is 3. The molecule has 6 nitrogen and oxygen atoms in total. The summed E-state index contributed by atoms with van der Waals surface area (Å²) < 4.78 is 6.96. The number of hydrogen-bond acceptors (Lipinski definition) is 5. The molecule has 0 aliphatic rings. The van der Waals surface area contributed by atoms with Gasteiger partial charge in [-0.25, -0.2) is 4.98 Å². The highest BCUT2D eigenvalue weighted by Gasteiger charge is 2.12. The molecular weight excluding hydrogens is 256 g/mol. The van der Waals surface area contributed by atoms with Gasteiger partial charge in [0.1, 0.15) is 11.8 Å². The minimum absolute atomic E-state index is 0.00490. The molecule has 0 atom stereocenters. The molecule has 0 saturated heterocycles. The molecule has 1 aromatic heterocycles. The van der Waals surface area contributed by atoms with E-state index in [9.17, 15) is 4.79 Å². The second kappa shape index (κ2) is 5.45. The summed E-state index contributed by atoms with van der Waals surface area (Å²) in [5.74, 6) is 0.190. The highest BCUT2D eigenvalue weighted by atomic mass is 16.5. The Morgan fingerprint density at radius 3 is 2.85 bits per heavy atom. The molecule has 102 valence electrons. The molecule has 0 radical (unpaired) electrons. The van der Waals surface area contributed by atoms with Crippen molar-refractivity contribution in [2.75, 3.05) is 5.73 Å². The Morgan fingerprint density at radius 1 is 1.45 bits per heavy atom. The Balaban J connectivity index is 2.44. The third-order valence-corrected chi connectivity index (χ3v) is 2.72. The highest BCUT2D eigenvalue weighted by Crippen LogP contribution is 2.23. The molecule has 0 unspecified atom stereocenters. The Morgan fingerprint density at radius 2 is 2.20 bits per heavy atom. The zero-order chi connectivity index (χ0) is 14.7. The molecular formula is C14H14N4O2. The lowest BCUT2D eigenvalue weighted by Crippen LogP contribution is -2.23. The lowest BCUT2D eigenvalue weighted by Gasteiger charge is -2.11. The average Bonchev–Trinajstić information content (AvgIpc) is 2.42. The van der Waals surface area contributed by atoms with Gasteiger partial charge >= 0.3 is 5.56 Å². The summed E-state index contributed by atoms with van der Waals surface area (Å²) in [6.45, 7) is 3.77. The van der Waals surface area contributed by atoms with Crippen molar-refractivity contribution in [3.05, 3.63) is 46.5 Å². The number of hydrogen-bond donors (Lipinski definition) is 1. The van der Waals surface area contributed by atoms with Crippen LogP contribution in [0.5, 0.6) is 11.6 Å². The van der Waals surface area contributed by atoms with Crippen LogP contribution < -0.4 is 16.0 Å². The van der Waals surface area contributed by atoms with E-state index < -0.39 is 0 Å². The number of anilines is 1. The van der Waals surface area contributed by atoms with Gasteiger partial charge in [-0.05, 0) is 32.0 Å². The first-order valence-corrected chi connectivity index (χ1v) is 6.07. The van der Waals surface area contributed by atoms with Crippen LogP contribution in [0.3, 0.4) is 0 Å². The van der Waals surface area contributed by atoms with Crippen molar-refractivity contribution in [2.45, 2.75) is 19.9 Å². The van der Waals surface area contributed by atoms with Gasteiger partial charge in [-0.15, -0.1) is 0 Å². The molecule has 0 saturated carbocycles. The number of aromatic nitrogens is 2. The lowest BCUT2D eigenvalue weighted by atomic mass is 10.2. The molecule has 1 heterocycles. The van der Waals surface area contributed by atoms with Crippen LogP contribution in [0.4, 0.5) is 5.69 Å². The van der Waals surface area contributed by atoms with Crippen molar-refractivity contribution >= 4 is 5.69 Å². The smallest absolute Gasteiger partial charge is 0.313 e. The van der Waals surface area contributed by atoms with Gasteiger partial charge in [0, 0.05) is 24.1 Å². The molecule has 20 heavy (non-hydrogen) atoms. The molecule has 0 fully saturated rings. The van der Waals surface area contributed by atoms with E-state index in [2.05, 4.69) is 4.98 Å². The third kappa shape index (κ3) is 2.62. The molecule has 2 rings (SSSR count). The van der Waals surface area contributed by atoms with Gasteiger partial charge in [0.2, 0.25) is 0 Å². The fourth-order valence-electron chi connectivity index (χ4n) is 1.71. The zero-order valence-electron chi connectivity index (χ0n) is 11.2. The SMILES string of the molecule is CC(C)n1ccnc(Oc2ccc(N)cc2C#N)c1=O. The molecule has 1 aromatic carbocycles. The van der Waals surface area contributed by atoms with Crippen LogP contribution >= 0.6 is 0 Å². The zero-order valence-corrected chi connectivity index (χ0v) is 11.2. The van der Waals surface area contributed by atoms with Crippen LogP contribution in [-0.4, -0.2) is 9.55 Å². The second-order valence-corrected chi connectivity index (χ2v) is 4.51. The minimum Gasteiger partial charge on any atom is -0.433 e. The van der Waals surface area contributed by atoms with E-state index in [-0.39, 0.29) is 28.8 Å². The van der Waals surface area contributed by atoms with E-state index in [1.165, 1.54) is 16.8 Å². The summed E-state index contributed by atoms with van der Waals surface area (Å²) in [5, 5.41) is 9.04. The van der Waals surface area contributed by atoms with Crippen LogP contribution in [0, 0.1) is 11.3 Å². The fourth-order valence-corrected chi connectivity index (χ4v) is 1.71. The van der Waals surface area contributed by atoms with Gasteiger partial charge in [0.25, 0.3) is 5.88 Å². The van der Waals surface area contributed by atoms with Crippen molar-refractivity contribution in [3.8, 4) is 17.7 Å². The van der Waals surface area contributed by atoms with E-state index in [1.54, 1.807) is 18.3 Å². The standard InChI is InChI=1S/C14H14N4O2/c1-9(2)18-6-5-17-13(14(18)19)20-12-4-3-11(16)7-10(12)8-15/h3-7,9H,16H2,1-2H3. The Hall–Kier alpha value is -2.81. The predicted octanol–water partition coefficient (Wildman–Crippen LogP) is 2.07. The van der Waals surface area contributed by atoms with Crippen LogP contribution in [0.15, 0.2) is 35.4 Å². The van der Waals surface area contributed by atoms with Gasteiger partial charge in [-0.1, -0.05) is 0 Å². The quantitative estimate of drug-likeness (QED) is 0.861. The maximum atomic E-state index is 12.1. The van der Waals surface area contributed by atoms with Crippen LogP contribution in [0.25, 0.3) is 0 Å². The van der Waals surface area contributed by atoms with Gasteiger partial charge in [-0.3, -0.25) is 4.79 Å². The Bertz CT molecular complexity index is 729. The number of benzene rings is 1. The number of nitrogen functional groups attached to an aromatic ring is 1. The normalized spacial score (nSPS) is 10.3. The Labute approximate surface area is 116 Å². The molecule has 2 aromatic rings.